The fraction of sp³-hybridized carbons (Fsp3) is 0.464. The van der Waals surface area contributed by atoms with Crippen molar-refractivity contribution < 1.29 is 17.6 Å². The Labute approximate surface area is 222 Å². The lowest BCUT2D eigenvalue weighted by molar-refractivity contribution is -0.125. The van der Waals surface area contributed by atoms with E-state index in [2.05, 4.69) is 33.4 Å². The molecule has 0 unspecified atom stereocenters. The monoisotopic (exact) mass is 537 g/mol. The van der Waals surface area contributed by atoms with Crippen LogP contribution < -0.4 is 14.5 Å². The molecule has 1 saturated heterocycles. The summed E-state index contributed by atoms with van der Waals surface area (Å²) in [6.07, 6.45) is 7.95. The highest BCUT2D eigenvalue weighted by Crippen LogP contribution is 2.55. The second-order valence-electron chi connectivity index (χ2n) is 11.5. The summed E-state index contributed by atoms with van der Waals surface area (Å²) in [5, 5.41) is 0.747. The van der Waals surface area contributed by atoms with Crippen LogP contribution in [0, 0.1) is 17.7 Å². The zero-order chi connectivity index (χ0) is 27.0. The number of fused-ring (bicyclic) bond motifs is 4. The highest BCUT2D eigenvalue weighted by Gasteiger charge is 2.54. The first kappa shape index (κ1) is 25.0. The number of hydrogen-bond donors (Lipinski definition) is 1. The van der Waals surface area contributed by atoms with Gasteiger partial charge in [-0.25, -0.2) is 17.8 Å². The molecule has 0 atom stereocenters. The Hall–Kier alpha value is -3.27. The number of hydrogen-bond acceptors (Lipinski definition) is 6. The number of aromatic nitrogens is 2. The molecular formula is C28H32FN5O3S. The standard InChI is InChI=1S/C28H32FN5O3S/c1-16(2)8-17-14-34(15-17)26-23(32-38(4,36)37)9-18(12-31-26)19-10-20-22(11-21(19)29)30-13-24-25(20)28(6-5-7-28)27(35)33(24)3/h9-13,16-17,32H,5-8,14-15H2,1-4H3. The van der Waals surface area contributed by atoms with E-state index in [0.29, 0.717) is 40.0 Å². The van der Waals surface area contributed by atoms with E-state index in [9.17, 15) is 13.2 Å². The molecular weight excluding hydrogens is 505 g/mol. The topological polar surface area (TPSA) is 95.5 Å². The number of pyridine rings is 2. The normalized spacial score (nSPS) is 18.7. The van der Waals surface area contributed by atoms with Crippen LogP contribution in [-0.2, 0) is 20.2 Å². The van der Waals surface area contributed by atoms with Crippen molar-refractivity contribution in [1.82, 2.24) is 9.97 Å². The maximum Gasteiger partial charge on any atom is 0.237 e. The molecule has 1 N–H and O–H groups in total. The van der Waals surface area contributed by atoms with Crippen LogP contribution in [0.25, 0.3) is 22.0 Å². The van der Waals surface area contributed by atoms with Crippen LogP contribution >= 0.6 is 0 Å². The van der Waals surface area contributed by atoms with Gasteiger partial charge in [-0.1, -0.05) is 20.3 Å². The fourth-order valence-corrected chi connectivity index (χ4v) is 6.95. The summed E-state index contributed by atoms with van der Waals surface area (Å²) in [7, 11) is -1.83. The van der Waals surface area contributed by atoms with Gasteiger partial charge < -0.3 is 9.80 Å². The molecule has 10 heteroatoms. The van der Waals surface area contributed by atoms with Crippen molar-refractivity contribution in [1.29, 1.82) is 0 Å². The lowest BCUT2D eigenvalue weighted by Crippen LogP contribution is -2.48. The Morgan fingerprint density at radius 1 is 1.16 bits per heavy atom. The lowest BCUT2D eigenvalue weighted by atomic mass is 9.64. The van der Waals surface area contributed by atoms with Crippen LogP contribution in [0.4, 0.5) is 21.6 Å². The van der Waals surface area contributed by atoms with Crippen LogP contribution in [-0.4, -0.2) is 50.7 Å². The van der Waals surface area contributed by atoms with Crippen LogP contribution in [0.2, 0.25) is 0 Å². The van der Waals surface area contributed by atoms with E-state index < -0.39 is 21.3 Å². The van der Waals surface area contributed by atoms with Crippen LogP contribution in [0.15, 0.2) is 30.6 Å². The van der Waals surface area contributed by atoms with E-state index in [0.717, 1.165) is 61.7 Å². The Morgan fingerprint density at radius 3 is 2.53 bits per heavy atom. The summed E-state index contributed by atoms with van der Waals surface area (Å²) >= 11 is 0. The largest absolute Gasteiger partial charge is 0.354 e. The molecule has 2 aliphatic heterocycles. The number of carbonyl (C=O) groups is 1. The number of likely N-dealkylation sites (N-methyl/N-ethyl adjacent to an activating group) is 1. The average Bonchev–Trinajstić information content (AvgIpc) is 3.02. The number of halogens is 1. The third kappa shape index (κ3) is 3.92. The molecule has 1 spiro atoms. The number of benzene rings is 1. The highest BCUT2D eigenvalue weighted by molar-refractivity contribution is 7.92. The first-order valence-electron chi connectivity index (χ1n) is 13.1. The minimum absolute atomic E-state index is 0.0647. The number of rotatable bonds is 6. The zero-order valence-electron chi connectivity index (χ0n) is 22.1. The van der Waals surface area contributed by atoms with Crippen molar-refractivity contribution in [2.45, 2.75) is 44.9 Å². The van der Waals surface area contributed by atoms with Crippen LogP contribution in [0.1, 0.15) is 45.1 Å². The summed E-state index contributed by atoms with van der Waals surface area (Å²) in [4.78, 5) is 25.9. The number of nitrogens with zero attached hydrogens (tertiary/aromatic N) is 4. The van der Waals surface area contributed by atoms with Gasteiger partial charge in [0.2, 0.25) is 15.9 Å². The van der Waals surface area contributed by atoms with E-state index >= 15 is 4.39 Å². The molecule has 3 aromatic rings. The van der Waals surface area contributed by atoms with E-state index in [1.54, 1.807) is 36.5 Å². The Morgan fingerprint density at radius 2 is 1.89 bits per heavy atom. The molecule has 8 nitrogen and oxygen atoms in total. The maximum absolute atomic E-state index is 15.5. The molecule has 4 heterocycles. The summed E-state index contributed by atoms with van der Waals surface area (Å²) in [5.41, 5.74) is 2.68. The van der Waals surface area contributed by atoms with Crippen LogP contribution in [0.5, 0.6) is 0 Å². The van der Waals surface area contributed by atoms with Crippen LogP contribution in [0.3, 0.4) is 0 Å². The number of sulfonamides is 1. The van der Waals surface area contributed by atoms with Gasteiger partial charge in [0, 0.05) is 54.5 Å². The predicted molar refractivity (Wildman–Crippen MR) is 147 cm³/mol. The first-order valence-corrected chi connectivity index (χ1v) is 15.0. The van der Waals surface area contributed by atoms with Crippen molar-refractivity contribution >= 4 is 44.0 Å². The summed E-state index contributed by atoms with van der Waals surface area (Å²) in [6.45, 7) is 5.98. The van der Waals surface area contributed by atoms with Gasteiger partial charge in [0.15, 0.2) is 5.82 Å². The molecule has 2 aromatic heterocycles. The minimum Gasteiger partial charge on any atom is -0.354 e. The molecule has 1 saturated carbocycles. The van der Waals surface area contributed by atoms with E-state index in [-0.39, 0.29) is 5.91 Å². The molecule has 6 rings (SSSR count). The van der Waals surface area contributed by atoms with Crippen molar-refractivity contribution in [2.75, 3.05) is 40.9 Å². The number of carbonyl (C=O) groups excluding carboxylic acids is 1. The van der Waals surface area contributed by atoms with E-state index in [4.69, 9.17) is 0 Å². The zero-order valence-corrected chi connectivity index (χ0v) is 22.9. The number of nitrogens with one attached hydrogen (secondary N) is 1. The van der Waals surface area contributed by atoms with Gasteiger partial charge in [-0.05, 0) is 43.2 Å². The summed E-state index contributed by atoms with van der Waals surface area (Å²) < 4.78 is 42.5. The minimum atomic E-state index is -3.59. The molecule has 0 bridgehead atoms. The Bertz CT molecular complexity index is 1580. The highest BCUT2D eigenvalue weighted by atomic mass is 32.2. The Balaban J connectivity index is 1.44. The van der Waals surface area contributed by atoms with Crippen molar-refractivity contribution in [3.05, 3.63) is 42.0 Å². The SMILES string of the molecule is CC(C)CC1CN(c2ncc(-c3cc4c5c(cnc4cc3F)N(C)C(=O)C53CCC3)cc2NS(C)(=O)=O)C1. The third-order valence-corrected chi connectivity index (χ3v) is 8.82. The van der Waals surface area contributed by atoms with Crippen molar-refractivity contribution in [3.63, 3.8) is 0 Å². The molecule has 200 valence electrons. The number of anilines is 3. The molecule has 2 fully saturated rings. The molecule has 0 radical (unpaired) electrons. The second-order valence-corrected chi connectivity index (χ2v) is 13.3. The number of amides is 1. The van der Waals surface area contributed by atoms with Gasteiger partial charge in [0.25, 0.3) is 0 Å². The predicted octanol–water partition coefficient (Wildman–Crippen LogP) is 4.69. The van der Waals surface area contributed by atoms with Gasteiger partial charge in [0.05, 0.1) is 34.8 Å². The fourth-order valence-electron chi connectivity index (χ4n) is 6.40. The molecule has 1 aliphatic carbocycles. The third-order valence-electron chi connectivity index (χ3n) is 8.23. The van der Waals surface area contributed by atoms with Gasteiger partial charge in [0.1, 0.15) is 5.82 Å². The Kier molecular flexibility index (Phi) is 5.68. The van der Waals surface area contributed by atoms with Gasteiger partial charge in [-0.15, -0.1) is 0 Å². The van der Waals surface area contributed by atoms with E-state index in [1.165, 1.54) is 6.07 Å². The van der Waals surface area contributed by atoms with E-state index in [1.807, 2.05) is 0 Å². The summed E-state index contributed by atoms with van der Waals surface area (Å²) in [6, 6.07) is 4.78. The lowest BCUT2D eigenvalue weighted by Gasteiger charge is -2.41. The van der Waals surface area contributed by atoms with Gasteiger partial charge in [-0.2, -0.15) is 0 Å². The molecule has 1 aromatic carbocycles. The molecule has 3 aliphatic rings. The van der Waals surface area contributed by atoms with Gasteiger partial charge >= 0.3 is 0 Å². The van der Waals surface area contributed by atoms with Crippen molar-refractivity contribution in [2.24, 2.45) is 11.8 Å². The smallest absolute Gasteiger partial charge is 0.237 e. The quantitative estimate of drug-likeness (QED) is 0.490. The van der Waals surface area contributed by atoms with Crippen molar-refractivity contribution in [3.8, 4) is 11.1 Å². The van der Waals surface area contributed by atoms with Gasteiger partial charge in [-0.3, -0.25) is 14.5 Å². The molecule has 38 heavy (non-hydrogen) atoms. The molecule has 1 amide bonds. The first-order chi connectivity index (χ1) is 18.0. The second kappa shape index (κ2) is 8.62. The summed E-state index contributed by atoms with van der Waals surface area (Å²) in [5.74, 6) is 1.26. The average molecular weight is 538 g/mol. The maximum atomic E-state index is 15.5.